The van der Waals surface area contributed by atoms with E-state index in [2.05, 4.69) is 0 Å². The van der Waals surface area contributed by atoms with Crippen molar-refractivity contribution < 1.29 is 245 Å². The zero-order valence-corrected chi connectivity index (χ0v) is 32.1. The van der Waals surface area contributed by atoms with Crippen molar-refractivity contribution in [2.24, 2.45) is 0 Å². The van der Waals surface area contributed by atoms with E-state index in [9.17, 15) is 198 Å². The number of hydrogen-bond acceptors (Lipinski definition) is 11. The quantitative estimate of drug-likeness (QED) is 0.0507. The molecular formula is C22F44O11. The Morgan fingerprint density at radius 1 is 0.169 bits per heavy atom. The number of alkyl halides is 43. The summed E-state index contributed by atoms with van der Waals surface area (Å²) in [6, 6.07) is -4.60. The van der Waals surface area contributed by atoms with Crippen LogP contribution >= 0.6 is 0 Å². The van der Waals surface area contributed by atoms with Crippen LogP contribution in [0.3, 0.4) is 0 Å². The summed E-state index contributed by atoms with van der Waals surface area (Å²) in [7, 11) is 0. The molecule has 77 heavy (non-hydrogen) atoms. The molecule has 0 aliphatic carbocycles. The molecule has 0 aromatic heterocycles. The highest BCUT2D eigenvalue weighted by Crippen LogP contribution is 2.57. The molecule has 0 amide bonds. The van der Waals surface area contributed by atoms with Gasteiger partial charge in [0.1, 0.15) is 0 Å². The summed E-state index contributed by atoms with van der Waals surface area (Å²) in [5.74, 6) is 0. The van der Waals surface area contributed by atoms with Gasteiger partial charge in [0.25, 0.3) is 0 Å². The predicted octanol–water partition coefficient (Wildman–Crippen LogP) is 13.1. The van der Waals surface area contributed by atoms with Crippen molar-refractivity contribution in [2.45, 2.75) is 128 Å². The number of carbonyl (C=O) groups excluding carboxylic acids is 1. The van der Waals surface area contributed by atoms with Crippen LogP contribution in [-0.4, -0.2) is 134 Å². The second-order valence-corrected chi connectivity index (χ2v) is 12.1. The molecular weight excluding hydrogens is 1280 g/mol. The van der Waals surface area contributed by atoms with Crippen LogP contribution < -0.4 is 0 Å². The first kappa shape index (κ1) is 73.2. The molecule has 0 bridgehead atoms. The molecule has 0 atom stereocenters. The van der Waals surface area contributed by atoms with Crippen molar-refractivity contribution in [1.29, 1.82) is 0 Å². The Kier molecular flexibility index (Phi) is 19.0. The largest absolute Gasteiger partial charge is 0.483 e. The van der Waals surface area contributed by atoms with Crippen molar-refractivity contribution in [3.8, 4) is 0 Å². The minimum atomic E-state index is -8.81. The summed E-state index contributed by atoms with van der Waals surface area (Å²) >= 11 is 0. The molecule has 0 unspecified atom stereocenters. The Morgan fingerprint density at radius 2 is 0.260 bits per heavy atom. The highest BCUT2D eigenvalue weighted by atomic mass is 19.4. The molecule has 0 saturated heterocycles. The van der Waals surface area contributed by atoms with Crippen molar-refractivity contribution >= 4 is 6.04 Å². The van der Waals surface area contributed by atoms with E-state index in [-0.39, 0.29) is 0 Å². The number of halogens is 44. The van der Waals surface area contributed by atoms with E-state index in [1.54, 1.807) is 0 Å². The average molecular weight is 1280 g/mol. The van der Waals surface area contributed by atoms with Crippen LogP contribution in [0.2, 0.25) is 0 Å². The molecule has 0 fully saturated rings. The predicted molar refractivity (Wildman–Crippen MR) is 122 cm³/mol. The Hall–Kier alpha value is -3.81. The first-order chi connectivity index (χ1) is 32.5. The molecule has 0 aromatic carbocycles. The van der Waals surface area contributed by atoms with Crippen LogP contribution in [0.15, 0.2) is 0 Å². The lowest BCUT2D eigenvalue weighted by molar-refractivity contribution is -0.604. The summed E-state index contributed by atoms with van der Waals surface area (Å²) in [6.07, 6.45) is -176. The van der Waals surface area contributed by atoms with Crippen molar-refractivity contribution in [3.63, 3.8) is 0 Å². The molecule has 0 heterocycles. The van der Waals surface area contributed by atoms with Crippen LogP contribution in [0.1, 0.15) is 0 Å². The van der Waals surface area contributed by atoms with Crippen LogP contribution in [0.5, 0.6) is 0 Å². The van der Waals surface area contributed by atoms with Gasteiger partial charge in [-0.1, -0.05) is 0 Å². The second-order valence-electron chi connectivity index (χ2n) is 12.1. The van der Waals surface area contributed by atoms with E-state index in [4.69, 9.17) is 0 Å². The second kappa shape index (κ2) is 20.0. The third kappa shape index (κ3) is 15.4. The lowest BCUT2D eigenvalue weighted by Crippen LogP contribution is -2.63. The first-order valence-electron chi connectivity index (χ1n) is 15.4. The monoisotopic (exact) mass is 1280 g/mol. The van der Waals surface area contributed by atoms with Crippen molar-refractivity contribution in [2.75, 3.05) is 0 Å². The van der Waals surface area contributed by atoms with E-state index >= 15 is 0 Å². The van der Waals surface area contributed by atoms with Crippen LogP contribution in [-0.2, 0) is 52.2 Å². The lowest BCUT2D eigenvalue weighted by Gasteiger charge is -2.37. The third-order valence-corrected chi connectivity index (χ3v) is 6.17. The molecule has 0 N–H and O–H groups in total. The fourth-order valence-electron chi connectivity index (χ4n) is 2.78. The van der Waals surface area contributed by atoms with Crippen LogP contribution in [0.25, 0.3) is 0 Å². The average Bonchev–Trinajstić information content (AvgIpc) is 3.06. The molecule has 0 aliphatic heterocycles. The van der Waals surface area contributed by atoms with E-state index < -0.39 is 134 Å². The molecule has 0 spiro atoms. The Morgan fingerprint density at radius 3 is 0.351 bits per heavy atom. The van der Waals surface area contributed by atoms with Crippen LogP contribution in [0, 0.1) is 0 Å². The zero-order valence-electron chi connectivity index (χ0n) is 32.1. The van der Waals surface area contributed by atoms with Crippen molar-refractivity contribution in [3.05, 3.63) is 0 Å². The smallest absolute Gasteiger partial charge is 0.251 e. The summed E-state index contributed by atoms with van der Waals surface area (Å²) < 4.78 is 593. The maximum atomic E-state index is 13.7. The minimum Gasteiger partial charge on any atom is -0.251 e. The van der Waals surface area contributed by atoms with Gasteiger partial charge in [-0.15, -0.1) is 0 Å². The first-order valence-corrected chi connectivity index (χ1v) is 15.4. The number of ether oxygens (including phenoxy) is 10. The molecule has 11 nitrogen and oxygen atoms in total. The van der Waals surface area contributed by atoms with Gasteiger partial charge in [0.2, 0.25) is 0 Å². The number of carbonyl (C=O) groups is 1. The van der Waals surface area contributed by atoms with Crippen molar-refractivity contribution in [1.82, 2.24) is 0 Å². The van der Waals surface area contributed by atoms with Crippen LogP contribution in [0.4, 0.5) is 193 Å². The maximum Gasteiger partial charge on any atom is 0.483 e. The Bertz CT molecular complexity index is 2040. The summed E-state index contributed by atoms with van der Waals surface area (Å²) in [6.45, 7) is 0. The van der Waals surface area contributed by atoms with E-state index in [1.165, 1.54) is 4.74 Å². The van der Waals surface area contributed by atoms with Gasteiger partial charge in [-0.2, -0.15) is 193 Å². The standard InChI is InChI=1S/C22F44O11/c23-1(67)2(24,25)68-5(31,32)6(33,34)70-9(39,40)10(41,42)72-13(47,48)14(49,50)74-17(55,56)18(57,58)76-21(63,64)22(65,66)77-20(61,62)19(59,60)75-16(53,54)15(51,52)73-12(45,46)11(43,44)71-8(37,38)7(35,36)69-4(29,30)3(26,27)28. The van der Waals surface area contributed by atoms with Gasteiger partial charge >= 0.3 is 134 Å². The topological polar surface area (TPSA) is 109 Å². The molecule has 0 aliphatic rings. The molecule has 462 valence electrons. The number of hydrogen-bond donors (Lipinski definition) is 0. The normalized spacial score (nSPS) is 16.6. The fraction of sp³-hybridized carbons (Fsp3) is 0.955. The molecule has 0 aromatic rings. The van der Waals surface area contributed by atoms with Gasteiger partial charge in [0, 0.05) is 0 Å². The van der Waals surface area contributed by atoms with E-state index in [0.29, 0.717) is 0 Å². The molecule has 0 saturated carbocycles. The summed E-state index contributed by atoms with van der Waals surface area (Å²) in [5.41, 5.74) is 0. The summed E-state index contributed by atoms with van der Waals surface area (Å²) in [5, 5.41) is 0. The molecule has 55 heteroatoms. The zero-order chi connectivity index (χ0) is 63.1. The van der Waals surface area contributed by atoms with Gasteiger partial charge < -0.3 is 0 Å². The Labute approximate surface area is 381 Å². The molecule has 0 rings (SSSR count). The summed E-state index contributed by atoms with van der Waals surface area (Å²) in [4.78, 5) is 9.72. The minimum absolute atomic E-state index is 0.837. The highest BCUT2D eigenvalue weighted by Gasteiger charge is 2.83. The highest BCUT2D eigenvalue weighted by molar-refractivity contribution is 5.74. The SMILES string of the molecule is O=C(F)C(F)(F)OC(F)(F)C(F)(F)OC(F)(F)C(F)(F)OC(F)(F)C(F)(F)OC(F)(F)C(F)(F)OC(F)(F)C(F)(F)OC(F)(F)C(F)(F)OC(F)(F)C(F)(F)OC(F)(F)C(F)(F)OC(F)(F)C(F)(F)OC(F)(F)C(F)(F)F. The fourth-order valence-corrected chi connectivity index (χ4v) is 2.78. The van der Waals surface area contributed by atoms with Gasteiger partial charge in [-0.25, -0.2) is 47.4 Å². The number of rotatable bonds is 30. The van der Waals surface area contributed by atoms with Gasteiger partial charge in [0.15, 0.2) is 0 Å². The van der Waals surface area contributed by atoms with Gasteiger partial charge in [-0.05, 0) is 0 Å². The maximum absolute atomic E-state index is 13.7. The van der Waals surface area contributed by atoms with Gasteiger partial charge in [-0.3, -0.25) is 4.79 Å². The Balaban J connectivity index is 6.64. The lowest BCUT2D eigenvalue weighted by atomic mass is 10.4. The van der Waals surface area contributed by atoms with E-state index in [1.807, 2.05) is 0 Å². The molecule has 0 radical (unpaired) electrons. The third-order valence-electron chi connectivity index (χ3n) is 6.17. The van der Waals surface area contributed by atoms with Gasteiger partial charge in [0.05, 0.1) is 0 Å². The van der Waals surface area contributed by atoms with E-state index in [0.717, 1.165) is 42.6 Å².